The third-order valence-corrected chi connectivity index (χ3v) is 5.97. The molecule has 1 aliphatic heterocycles. The van der Waals surface area contributed by atoms with Crippen LogP contribution in [0.25, 0.3) is 0 Å². The van der Waals surface area contributed by atoms with Crippen LogP contribution in [0.1, 0.15) is 42.8 Å². The van der Waals surface area contributed by atoms with Crippen LogP contribution in [0.4, 0.5) is 0 Å². The van der Waals surface area contributed by atoms with Crippen molar-refractivity contribution in [3.63, 3.8) is 0 Å². The summed E-state index contributed by atoms with van der Waals surface area (Å²) < 4.78 is 7.74. The van der Waals surface area contributed by atoms with Gasteiger partial charge in [0.15, 0.2) is 5.96 Å². The summed E-state index contributed by atoms with van der Waals surface area (Å²) in [4.78, 5) is 6.99. The minimum absolute atomic E-state index is 0. The van der Waals surface area contributed by atoms with E-state index in [1.54, 1.807) is 7.11 Å². The summed E-state index contributed by atoms with van der Waals surface area (Å²) >= 11 is 0. The zero-order valence-electron chi connectivity index (χ0n) is 20.1. The molecule has 2 heterocycles. The van der Waals surface area contributed by atoms with Crippen molar-refractivity contribution in [2.45, 2.75) is 46.2 Å². The van der Waals surface area contributed by atoms with E-state index < -0.39 is 0 Å². The van der Waals surface area contributed by atoms with Gasteiger partial charge < -0.3 is 15.4 Å². The molecular formula is C24H39IN6O. The molecule has 3 rings (SSSR count). The van der Waals surface area contributed by atoms with Crippen molar-refractivity contribution in [2.24, 2.45) is 10.9 Å². The number of likely N-dealkylation sites (tertiary alicyclic amines) is 1. The van der Waals surface area contributed by atoms with E-state index in [0.717, 1.165) is 50.1 Å². The Morgan fingerprint density at radius 3 is 2.47 bits per heavy atom. The highest BCUT2D eigenvalue weighted by atomic mass is 127. The first kappa shape index (κ1) is 26.4. The molecular weight excluding hydrogens is 515 g/mol. The molecule has 7 nitrogen and oxygen atoms in total. The Kier molecular flexibility index (Phi) is 10.8. The predicted molar refractivity (Wildman–Crippen MR) is 142 cm³/mol. The van der Waals surface area contributed by atoms with E-state index in [1.807, 2.05) is 26.1 Å². The smallest absolute Gasteiger partial charge is 0.191 e. The number of hydrogen-bond acceptors (Lipinski definition) is 4. The van der Waals surface area contributed by atoms with Gasteiger partial charge in [-0.3, -0.25) is 14.6 Å². The molecule has 0 spiro atoms. The van der Waals surface area contributed by atoms with Crippen LogP contribution in [0.15, 0.2) is 35.3 Å². The van der Waals surface area contributed by atoms with Crippen LogP contribution in [0.2, 0.25) is 0 Å². The molecule has 0 saturated carbocycles. The van der Waals surface area contributed by atoms with Gasteiger partial charge in [-0.05, 0) is 57.8 Å². The quantitative estimate of drug-likeness (QED) is 0.281. The molecule has 1 aromatic carbocycles. The van der Waals surface area contributed by atoms with E-state index in [4.69, 9.17) is 4.74 Å². The lowest BCUT2D eigenvalue weighted by atomic mass is 10.0. The van der Waals surface area contributed by atoms with Crippen LogP contribution in [0.3, 0.4) is 0 Å². The molecule has 178 valence electrons. The second-order valence-electron chi connectivity index (χ2n) is 8.55. The lowest BCUT2D eigenvalue weighted by Gasteiger charge is -2.30. The van der Waals surface area contributed by atoms with Gasteiger partial charge in [-0.25, -0.2) is 0 Å². The molecule has 8 heteroatoms. The molecule has 1 aliphatic rings. The van der Waals surface area contributed by atoms with Crippen LogP contribution in [-0.4, -0.2) is 61.0 Å². The van der Waals surface area contributed by atoms with Gasteiger partial charge in [-0.2, -0.15) is 5.10 Å². The largest absolute Gasteiger partial charge is 0.496 e. The third kappa shape index (κ3) is 7.10. The summed E-state index contributed by atoms with van der Waals surface area (Å²) in [5.74, 6) is 2.21. The zero-order chi connectivity index (χ0) is 22.2. The Bertz CT molecular complexity index is 862. The number of methoxy groups -OCH3 is 1. The molecule has 1 saturated heterocycles. The fourth-order valence-electron chi connectivity index (χ4n) is 4.34. The van der Waals surface area contributed by atoms with Gasteiger partial charge in [-0.1, -0.05) is 25.1 Å². The number of aryl methyl sites for hydroxylation is 2. The average Bonchev–Trinajstić information content (AvgIpc) is 3.40. The maximum atomic E-state index is 5.66. The van der Waals surface area contributed by atoms with Crippen molar-refractivity contribution >= 4 is 29.9 Å². The van der Waals surface area contributed by atoms with Crippen molar-refractivity contribution in [2.75, 3.05) is 40.3 Å². The van der Waals surface area contributed by atoms with Crippen LogP contribution in [-0.2, 0) is 6.54 Å². The zero-order valence-corrected chi connectivity index (χ0v) is 22.4. The monoisotopic (exact) mass is 554 g/mol. The van der Waals surface area contributed by atoms with Crippen molar-refractivity contribution in [1.82, 2.24) is 25.3 Å². The summed E-state index contributed by atoms with van der Waals surface area (Å²) in [5, 5.41) is 11.6. The molecule has 0 aliphatic carbocycles. The Morgan fingerprint density at radius 1 is 1.16 bits per heavy atom. The second kappa shape index (κ2) is 13.0. The number of nitrogens with zero attached hydrogens (tertiary/aromatic N) is 4. The number of hydrogen-bond donors (Lipinski definition) is 2. The summed E-state index contributed by atoms with van der Waals surface area (Å²) in [7, 11) is 3.58. The predicted octanol–water partition coefficient (Wildman–Crippen LogP) is 3.76. The molecule has 2 aromatic rings. The Hall–Kier alpha value is -1.81. The molecule has 32 heavy (non-hydrogen) atoms. The minimum atomic E-state index is 0. The summed E-state index contributed by atoms with van der Waals surface area (Å²) in [6.07, 6.45) is 2.50. The van der Waals surface area contributed by atoms with Gasteiger partial charge in [0.2, 0.25) is 0 Å². The molecule has 2 N–H and O–H groups in total. The van der Waals surface area contributed by atoms with Gasteiger partial charge in [0, 0.05) is 37.9 Å². The normalized spacial score (nSPS) is 16.3. The fourth-order valence-corrected chi connectivity index (χ4v) is 4.34. The number of aliphatic imine (C=N–C) groups is 1. The average molecular weight is 555 g/mol. The van der Waals surface area contributed by atoms with Crippen LogP contribution >= 0.6 is 24.0 Å². The van der Waals surface area contributed by atoms with Crippen LogP contribution in [0.5, 0.6) is 5.75 Å². The first-order chi connectivity index (χ1) is 15.0. The highest BCUT2D eigenvalue weighted by Crippen LogP contribution is 2.31. The van der Waals surface area contributed by atoms with Crippen LogP contribution < -0.4 is 15.4 Å². The summed E-state index contributed by atoms with van der Waals surface area (Å²) in [6.45, 7) is 11.1. The summed E-state index contributed by atoms with van der Waals surface area (Å²) in [6, 6.07) is 10.7. The number of nitrogens with one attached hydrogen (secondary N) is 2. The first-order valence-corrected chi connectivity index (χ1v) is 11.3. The van der Waals surface area contributed by atoms with Crippen LogP contribution in [0, 0.1) is 19.8 Å². The second-order valence-corrected chi connectivity index (χ2v) is 8.55. The standard InChI is InChI=1S/C24H38N6O.HI/c1-18(17-30-20(3)14-19(2)28-30)15-26-24(25-4)27-16-22(29-12-8-9-13-29)21-10-6-7-11-23(21)31-5;/h6-7,10-11,14,18,22H,8-9,12-13,15-17H2,1-5H3,(H2,25,26,27);1H. The number of benzene rings is 1. The Labute approximate surface area is 210 Å². The van der Waals surface area contributed by atoms with Crippen molar-refractivity contribution in [3.8, 4) is 5.75 Å². The van der Waals surface area contributed by atoms with Gasteiger partial charge >= 0.3 is 0 Å². The summed E-state index contributed by atoms with van der Waals surface area (Å²) in [5.41, 5.74) is 3.50. The van der Waals surface area contributed by atoms with E-state index >= 15 is 0 Å². The van der Waals surface area contributed by atoms with Gasteiger partial charge in [0.25, 0.3) is 0 Å². The number of ether oxygens (including phenoxy) is 1. The third-order valence-electron chi connectivity index (χ3n) is 5.97. The molecule has 0 radical (unpaired) electrons. The SMILES string of the molecule is CN=C(NCC(C)Cn1nc(C)cc1C)NCC(c1ccccc1OC)N1CCCC1.I. The number of aromatic nitrogens is 2. The Balaban J connectivity index is 0.00000363. The molecule has 1 aromatic heterocycles. The Morgan fingerprint density at radius 2 is 1.84 bits per heavy atom. The van der Waals surface area contributed by atoms with Crippen molar-refractivity contribution in [3.05, 3.63) is 47.3 Å². The molecule has 0 amide bonds. The molecule has 0 bridgehead atoms. The fraction of sp³-hybridized carbons (Fsp3) is 0.583. The highest BCUT2D eigenvalue weighted by Gasteiger charge is 2.26. The maximum absolute atomic E-state index is 5.66. The number of rotatable bonds is 9. The van der Waals surface area contributed by atoms with E-state index in [9.17, 15) is 0 Å². The molecule has 2 atom stereocenters. The van der Waals surface area contributed by atoms with E-state index in [1.165, 1.54) is 24.1 Å². The van der Waals surface area contributed by atoms with Crippen molar-refractivity contribution < 1.29 is 4.74 Å². The highest BCUT2D eigenvalue weighted by molar-refractivity contribution is 14.0. The number of guanidine groups is 1. The van der Waals surface area contributed by atoms with E-state index in [2.05, 4.69) is 62.4 Å². The maximum Gasteiger partial charge on any atom is 0.191 e. The van der Waals surface area contributed by atoms with E-state index in [-0.39, 0.29) is 30.0 Å². The lowest BCUT2D eigenvalue weighted by molar-refractivity contribution is 0.239. The lowest BCUT2D eigenvalue weighted by Crippen LogP contribution is -2.44. The van der Waals surface area contributed by atoms with E-state index in [0.29, 0.717) is 5.92 Å². The topological polar surface area (TPSA) is 66.7 Å². The first-order valence-electron chi connectivity index (χ1n) is 11.3. The number of halogens is 1. The van der Waals surface area contributed by atoms with Crippen molar-refractivity contribution in [1.29, 1.82) is 0 Å². The molecule has 1 fully saturated rings. The minimum Gasteiger partial charge on any atom is -0.496 e. The number of para-hydroxylation sites is 1. The van der Waals surface area contributed by atoms with Gasteiger partial charge in [0.1, 0.15) is 5.75 Å². The molecule has 2 unspecified atom stereocenters. The van der Waals surface area contributed by atoms with Gasteiger partial charge in [0.05, 0.1) is 18.8 Å². The van der Waals surface area contributed by atoms with Gasteiger partial charge in [-0.15, -0.1) is 24.0 Å².